The van der Waals surface area contributed by atoms with Crippen molar-refractivity contribution in [2.75, 3.05) is 41.5 Å². The van der Waals surface area contributed by atoms with E-state index in [1.807, 2.05) is 4.90 Å². The molecule has 0 bridgehead atoms. The van der Waals surface area contributed by atoms with Gasteiger partial charge in [0.1, 0.15) is 17.4 Å². The molecule has 1 aromatic carbocycles. The molecular weight excluding hydrogens is 408 g/mol. The molecule has 1 saturated heterocycles. The largest absolute Gasteiger partial charge is 0.495 e. The topological polar surface area (TPSA) is 122 Å². The molecule has 9 nitrogen and oxygen atoms in total. The van der Waals surface area contributed by atoms with Gasteiger partial charge in [-0.15, -0.1) is 0 Å². The third kappa shape index (κ3) is 3.97. The van der Waals surface area contributed by atoms with Gasteiger partial charge in [-0.2, -0.15) is 9.97 Å². The zero-order valence-corrected chi connectivity index (χ0v) is 17.3. The monoisotopic (exact) mass is 430 g/mol. The number of rotatable bonds is 4. The molecule has 2 aliphatic rings. The second kappa shape index (κ2) is 8.35. The highest BCUT2D eigenvalue weighted by Crippen LogP contribution is 2.38. The van der Waals surface area contributed by atoms with Crippen LogP contribution in [-0.2, 0) is 9.59 Å². The highest BCUT2D eigenvalue weighted by molar-refractivity contribution is 6.31. The predicted molar refractivity (Wildman–Crippen MR) is 115 cm³/mol. The number of ether oxygens (including phenoxy) is 1. The van der Waals surface area contributed by atoms with Crippen molar-refractivity contribution in [3.8, 4) is 5.75 Å². The normalized spacial score (nSPS) is 18.4. The van der Waals surface area contributed by atoms with E-state index in [-0.39, 0.29) is 24.0 Å². The molecule has 0 aliphatic carbocycles. The summed E-state index contributed by atoms with van der Waals surface area (Å²) in [5.74, 6) is -0.123. The minimum absolute atomic E-state index is 0.0572. The van der Waals surface area contributed by atoms with E-state index in [0.717, 1.165) is 25.9 Å². The number of benzene rings is 1. The fourth-order valence-corrected chi connectivity index (χ4v) is 4.01. The van der Waals surface area contributed by atoms with E-state index in [2.05, 4.69) is 20.6 Å². The number of nitrogens with two attached hydrogens (primary N) is 1. The molecule has 2 aliphatic heterocycles. The molecule has 1 aromatic heterocycles. The highest BCUT2D eigenvalue weighted by atomic mass is 35.5. The first-order valence-corrected chi connectivity index (χ1v) is 10.2. The Morgan fingerprint density at radius 1 is 1.30 bits per heavy atom. The number of anilines is 4. The van der Waals surface area contributed by atoms with Crippen molar-refractivity contribution in [2.45, 2.75) is 31.6 Å². The van der Waals surface area contributed by atoms with Crippen LogP contribution in [0.4, 0.5) is 23.3 Å². The number of hydrogen-bond donors (Lipinski definition) is 3. The Kier molecular flexibility index (Phi) is 5.63. The molecular formula is C20H23ClN6O3. The summed E-state index contributed by atoms with van der Waals surface area (Å²) < 4.78 is 5.28. The Bertz CT molecular complexity index is 993. The number of carbonyl (C=O) groups is 2. The van der Waals surface area contributed by atoms with Crippen LogP contribution in [0.5, 0.6) is 5.75 Å². The van der Waals surface area contributed by atoms with Crippen LogP contribution in [0.15, 0.2) is 18.2 Å². The smallest absolute Gasteiger partial charge is 0.232 e. The summed E-state index contributed by atoms with van der Waals surface area (Å²) in [5.41, 5.74) is 7.08. The lowest BCUT2D eigenvalue weighted by Gasteiger charge is -2.30. The van der Waals surface area contributed by atoms with Crippen LogP contribution in [-0.4, -0.2) is 42.0 Å². The Morgan fingerprint density at radius 3 is 2.80 bits per heavy atom. The van der Waals surface area contributed by atoms with Gasteiger partial charge in [-0.05, 0) is 37.5 Å². The van der Waals surface area contributed by atoms with E-state index in [1.165, 1.54) is 13.5 Å². The van der Waals surface area contributed by atoms with Gasteiger partial charge >= 0.3 is 0 Å². The first-order valence-electron chi connectivity index (χ1n) is 9.83. The molecule has 0 unspecified atom stereocenters. The highest BCUT2D eigenvalue weighted by Gasteiger charge is 2.35. The third-order valence-corrected chi connectivity index (χ3v) is 5.57. The average molecular weight is 431 g/mol. The molecule has 4 N–H and O–H groups in total. The minimum atomic E-state index is -0.826. The van der Waals surface area contributed by atoms with Crippen LogP contribution >= 0.6 is 11.6 Å². The molecule has 0 saturated carbocycles. The van der Waals surface area contributed by atoms with Gasteiger partial charge in [0.25, 0.3) is 0 Å². The van der Waals surface area contributed by atoms with Gasteiger partial charge in [0.15, 0.2) is 0 Å². The molecule has 10 heteroatoms. The van der Waals surface area contributed by atoms with Gasteiger partial charge in [0.2, 0.25) is 17.8 Å². The quantitative estimate of drug-likeness (QED) is 0.681. The molecule has 1 fully saturated rings. The molecule has 3 heterocycles. The summed E-state index contributed by atoms with van der Waals surface area (Å²) >= 11 is 6.05. The van der Waals surface area contributed by atoms with Crippen molar-refractivity contribution >= 4 is 46.7 Å². The predicted octanol–water partition coefficient (Wildman–Crippen LogP) is 2.78. The molecule has 0 spiro atoms. The SMILES string of the molecule is COc1ccc(Cl)cc1NC(=O)[C@H]1CC(=O)Nc2nc(N3CCCCC3)nc(N)c21. The lowest BCUT2D eigenvalue weighted by molar-refractivity contribution is -0.123. The summed E-state index contributed by atoms with van der Waals surface area (Å²) in [6.45, 7) is 1.68. The second-order valence-electron chi connectivity index (χ2n) is 7.36. The zero-order valence-electron chi connectivity index (χ0n) is 16.6. The van der Waals surface area contributed by atoms with Crippen LogP contribution < -0.4 is 26.0 Å². The number of methoxy groups -OCH3 is 1. The number of fused-ring (bicyclic) bond motifs is 1. The van der Waals surface area contributed by atoms with Crippen molar-refractivity contribution in [2.24, 2.45) is 0 Å². The number of hydrogen-bond acceptors (Lipinski definition) is 7. The molecule has 2 aromatic rings. The maximum absolute atomic E-state index is 13.1. The van der Waals surface area contributed by atoms with Crippen molar-refractivity contribution in [3.63, 3.8) is 0 Å². The van der Waals surface area contributed by atoms with Crippen molar-refractivity contribution < 1.29 is 14.3 Å². The number of halogens is 1. The number of nitrogen functional groups attached to an aromatic ring is 1. The minimum Gasteiger partial charge on any atom is -0.495 e. The van der Waals surface area contributed by atoms with E-state index in [1.54, 1.807) is 18.2 Å². The van der Waals surface area contributed by atoms with E-state index >= 15 is 0 Å². The summed E-state index contributed by atoms with van der Waals surface area (Å²) in [6.07, 6.45) is 3.22. The van der Waals surface area contributed by atoms with Crippen LogP contribution in [0, 0.1) is 0 Å². The molecule has 0 radical (unpaired) electrons. The van der Waals surface area contributed by atoms with E-state index in [9.17, 15) is 9.59 Å². The van der Waals surface area contributed by atoms with Crippen molar-refractivity contribution in [3.05, 3.63) is 28.8 Å². The molecule has 30 heavy (non-hydrogen) atoms. The van der Waals surface area contributed by atoms with Crippen molar-refractivity contribution in [1.29, 1.82) is 0 Å². The summed E-state index contributed by atoms with van der Waals surface area (Å²) in [7, 11) is 1.50. The first-order chi connectivity index (χ1) is 14.5. The van der Waals surface area contributed by atoms with Gasteiger partial charge in [0, 0.05) is 24.5 Å². The second-order valence-corrected chi connectivity index (χ2v) is 7.79. The lowest BCUT2D eigenvalue weighted by atomic mass is 9.91. The maximum Gasteiger partial charge on any atom is 0.232 e. The number of nitrogens with zero attached hydrogens (tertiary/aromatic N) is 3. The number of nitrogens with one attached hydrogen (secondary N) is 2. The van der Waals surface area contributed by atoms with Crippen LogP contribution in [0.2, 0.25) is 5.02 Å². The molecule has 4 rings (SSSR count). The van der Waals surface area contributed by atoms with E-state index in [4.69, 9.17) is 22.1 Å². The lowest BCUT2D eigenvalue weighted by Crippen LogP contribution is -2.35. The van der Waals surface area contributed by atoms with E-state index in [0.29, 0.717) is 28.0 Å². The zero-order chi connectivity index (χ0) is 21.3. The maximum atomic E-state index is 13.1. The number of aromatic nitrogens is 2. The Balaban J connectivity index is 1.65. The van der Waals surface area contributed by atoms with Crippen LogP contribution in [0.1, 0.15) is 37.2 Å². The summed E-state index contributed by atoms with van der Waals surface area (Å²) in [6, 6.07) is 4.90. The first kappa shape index (κ1) is 20.2. The summed E-state index contributed by atoms with van der Waals surface area (Å²) in [5, 5.41) is 5.97. The van der Waals surface area contributed by atoms with Crippen LogP contribution in [0.3, 0.4) is 0 Å². The van der Waals surface area contributed by atoms with Gasteiger partial charge in [0.05, 0.1) is 24.3 Å². The summed E-state index contributed by atoms with van der Waals surface area (Å²) in [4.78, 5) is 36.4. The van der Waals surface area contributed by atoms with Gasteiger partial charge in [-0.3, -0.25) is 9.59 Å². The number of piperidine rings is 1. The van der Waals surface area contributed by atoms with Crippen LogP contribution in [0.25, 0.3) is 0 Å². The van der Waals surface area contributed by atoms with Gasteiger partial charge in [-0.1, -0.05) is 11.6 Å². The molecule has 1 atom stereocenters. The van der Waals surface area contributed by atoms with Crippen molar-refractivity contribution in [1.82, 2.24) is 9.97 Å². The van der Waals surface area contributed by atoms with Gasteiger partial charge < -0.3 is 26.0 Å². The Hall–Kier alpha value is -3.07. The number of carbonyl (C=O) groups excluding carboxylic acids is 2. The van der Waals surface area contributed by atoms with E-state index < -0.39 is 11.8 Å². The number of amides is 2. The average Bonchev–Trinajstić information content (AvgIpc) is 2.73. The van der Waals surface area contributed by atoms with Gasteiger partial charge in [-0.25, -0.2) is 0 Å². The fourth-order valence-electron chi connectivity index (χ4n) is 3.84. The third-order valence-electron chi connectivity index (χ3n) is 5.33. The Morgan fingerprint density at radius 2 is 2.07 bits per heavy atom. The standard InChI is InChI=1S/C20H23ClN6O3/c1-30-14-6-5-11(21)9-13(14)23-19(29)12-10-15(28)24-18-16(12)17(22)25-20(26-18)27-7-3-2-4-8-27/h5-6,9,12H,2-4,7-8,10H2,1H3,(H,23,29)(H3,22,24,25,26,28)/t12-/m0/s1. The fraction of sp³-hybridized carbons (Fsp3) is 0.400. The molecule has 158 valence electrons. The molecule has 2 amide bonds. The Labute approximate surface area is 179 Å².